The first-order chi connectivity index (χ1) is 5.79. The van der Waals surface area contributed by atoms with E-state index in [0.717, 1.165) is 17.7 Å². The van der Waals surface area contributed by atoms with Crippen LogP contribution in [0, 0.1) is 0 Å². The van der Waals surface area contributed by atoms with Crippen molar-refractivity contribution < 1.29 is 6.22 Å². The van der Waals surface area contributed by atoms with Gasteiger partial charge in [-0.1, -0.05) is 19.1 Å². The fourth-order valence-electron chi connectivity index (χ4n) is 1.50. The van der Waals surface area contributed by atoms with Crippen molar-refractivity contribution in [1.29, 1.82) is 0 Å². The summed E-state index contributed by atoms with van der Waals surface area (Å²) in [7, 11) is 0. The first-order valence-corrected chi connectivity index (χ1v) is 4.21. The van der Waals surface area contributed by atoms with Gasteiger partial charge in [-0.25, -0.2) is 0 Å². The summed E-state index contributed by atoms with van der Waals surface area (Å²) in [6.45, 7) is 2.12. The number of rotatable bonds is 1. The number of amides is 1. The van der Waals surface area contributed by atoms with Crippen LogP contribution in [0.25, 0.3) is 0 Å². The average molecular weight is 163 g/mol. The molecule has 1 N–H and O–H groups in total. The second-order valence-electron chi connectivity index (χ2n) is 3.07. The largest absolute Gasteiger partial charge is 0.326 e. The van der Waals surface area contributed by atoms with Gasteiger partial charge in [0, 0.05) is 7.11 Å². The topological polar surface area (TPSA) is 29.1 Å². The maximum absolute atomic E-state index is 11.0. The molecule has 0 saturated heterocycles. The van der Waals surface area contributed by atoms with Crippen LogP contribution in [0.2, 0.25) is 0 Å². The highest BCUT2D eigenvalue weighted by Crippen LogP contribution is 2.23. The van der Waals surface area contributed by atoms with Gasteiger partial charge in [0.1, 0.15) is 0 Å². The van der Waals surface area contributed by atoms with Crippen molar-refractivity contribution in [3.63, 3.8) is 0 Å². The number of carbonyl (C=O) groups excluding carboxylic acids is 1. The molecule has 0 radical (unpaired) electrons. The van der Waals surface area contributed by atoms with Gasteiger partial charge in [0.15, 0.2) is 0 Å². The predicted molar refractivity (Wildman–Crippen MR) is 50.3 cm³/mol. The zero-order chi connectivity index (χ0) is 8.55. The normalized spacial score (nSPS) is 14.2. The number of benzene rings is 1. The molecule has 2 rings (SSSR count). The van der Waals surface area contributed by atoms with Gasteiger partial charge in [0.05, 0.1) is 6.42 Å². The van der Waals surface area contributed by atoms with Gasteiger partial charge in [-0.15, -0.1) is 0 Å². The second-order valence-corrected chi connectivity index (χ2v) is 3.07. The van der Waals surface area contributed by atoms with Crippen LogP contribution >= 0.6 is 0 Å². The van der Waals surface area contributed by atoms with Crippen LogP contribution in [0.4, 0.5) is 5.69 Å². The molecule has 1 aliphatic heterocycles. The van der Waals surface area contributed by atoms with E-state index in [1.54, 1.807) is 0 Å². The molecule has 0 atom stereocenters. The Hall–Kier alpha value is -1.31. The van der Waals surface area contributed by atoms with Crippen molar-refractivity contribution in [3.05, 3.63) is 29.3 Å². The first-order valence-electron chi connectivity index (χ1n) is 4.21. The lowest BCUT2D eigenvalue weighted by molar-refractivity contribution is -0.115. The van der Waals surface area contributed by atoms with E-state index >= 15 is 0 Å². The minimum Gasteiger partial charge on any atom is -0.326 e. The highest BCUT2D eigenvalue weighted by atomic mass is 16.1. The Bertz CT molecular complexity index is 336. The highest BCUT2D eigenvalue weighted by Gasteiger charge is 2.16. The van der Waals surface area contributed by atoms with E-state index in [2.05, 4.69) is 24.4 Å². The van der Waals surface area contributed by atoms with Gasteiger partial charge in [-0.2, -0.15) is 0 Å². The molecule has 1 amide bonds. The molecule has 0 saturated carbocycles. The molecule has 12 heavy (non-hydrogen) atoms. The summed E-state index contributed by atoms with van der Waals surface area (Å²) in [6, 6.07) is 6.15. The molecule has 1 aromatic carbocycles. The number of fused-ring (bicyclic) bond motifs is 1. The zero-order valence-electron chi connectivity index (χ0n) is 7.05. The van der Waals surface area contributed by atoms with Gasteiger partial charge in [0.2, 0.25) is 5.91 Å². The molecule has 0 spiro atoms. The van der Waals surface area contributed by atoms with Gasteiger partial charge in [0.25, 0.3) is 0 Å². The summed E-state index contributed by atoms with van der Waals surface area (Å²) in [5.74, 6) is 0.109. The monoisotopic (exact) mass is 163 g/mol. The van der Waals surface area contributed by atoms with Crippen molar-refractivity contribution in [1.82, 2.24) is 0 Å². The molecule has 0 fully saturated rings. The average Bonchev–Trinajstić information content (AvgIpc) is 2.43. The predicted octanol–water partition coefficient (Wildman–Crippen LogP) is 1.99. The molecular weight excluding hydrogens is 150 g/mol. The minimum absolute atomic E-state index is 0. The van der Waals surface area contributed by atoms with Crippen LogP contribution in [0.1, 0.15) is 19.5 Å². The number of hydrogen-bond donors (Lipinski definition) is 1. The van der Waals surface area contributed by atoms with E-state index < -0.39 is 0 Å². The van der Waals surface area contributed by atoms with E-state index in [1.165, 1.54) is 5.56 Å². The highest BCUT2D eigenvalue weighted by molar-refractivity contribution is 5.99. The van der Waals surface area contributed by atoms with Crippen LogP contribution in [-0.2, 0) is 17.6 Å². The van der Waals surface area contributed by atoms with Crippen LogP contribution in [0.3, 0.4) is 0 Å². The lowest BCUT2D eigenvalue weighted by Gasteiger charge is -2.00. The van der Waals surface area contributed by atoms with E-state index in [4.69, 9.17) is 0 Å². The van der Waals surface area contributed by atoms with Crippen LogP contribution in [-0.4, -0.2) is 5.91 Å². The van der Waals surface area contributed by atoms with Gasteiger partial charge >= 0.3 is 0 Å². The maximum atomic E-state index is 11.0. The fraction of sp³-hybridized carbons (Fsp3) is 0.300. The van der Waals surface area contributed by atoms with Crippen LogP contribution < -0.4 is 5.32 Å². The SMILES string of the molecule is CCc1ccc2c(c1)CC(=O)N2.[HH]. The van der Waals surface area contributed by atoms with Gasteiger partial charge in [-0.05, 0) is 23.6 Å². The lowest BCUT2D eigenvalue weighted by atomic mass is 10.1. The molecule has 0 aliphatic carbocycles. The van der Waals surface area contributed by atoms with Crippen molar-refractivity contribution in [2.45, 2.75) is 19.8 Å². The Morgan fingerprint density at radius 2 is 2.42 bits per heavy atom. The van der Waals surface area contributed by atoms with E-state index in [9.17, 15) is 4.79 Å². The fourth-order valence-corrected chi connectivity index (χ4v) is 1.50. The summed E-state index contributed by atoms with van der Waals surface area (Å²) < 4.78 is 0. The Labute approximate surface area is 73.1 Å². The molecule has 2 nitrogen and oxygen atoms in total. The third-order valence-electron chi connectivity index (χ3n) is 2.20. The summed E-state index contributed by atoms with van der Waals surface area (Å²) in [6.07, 6.45) is 1.57. The first kappa shape index (κ1) is 7.35. The minimum atomic E-state index is 0. The Morgan fingerprint density at radius 1 is 1.58 bits per heavy atom. The van der Waals surface area contributed by atoms with E-state index in [1.807, 2.05) is 6.07 Å². The van der Waals surface area contributed by atoms with Crippen molar-refractivity contribution in [3.8, 4) is 0 Å². The lowest BCUT2D eigenvalue weighted by Crippen LogP contribution is -2.03. The van der Waals surface area contributed by atoms with Crippen LogP contribution in [0.15, 0.2) is 18.2 Å². The summed E-state index contributed by atoms with van der Waals surface area (Å²) in [4.78, 5) is 11.0. The second kappa shape index (κ2) is 2.63. The number of anilines is 1. The standard InChI is InChI=1S/C10H11NO.H2/c1-2-7-3-4-9-8(5-7)6-10(12)11-9;/h3-5H,2,6H2,1H3,(H,11,12);1H. The quantitative estimate of drug-likeness (QED) is 0.674. The molecular formula is C10H13NO. The van der Waals surface area contributed by atoms with Gasteiger partial charge < -0.3 is 5.32 Å². The third-order valence-corrected chi connectivity index (χ3v) is 2.20. The van der Waals surface area contributed by atoms with Crippen molar-refractivity contribution in [2.24, 2.45) is 0 Å². The molecule has 1 aromatic rings. The Morgan fingerprint density at radius 3 is 3.17 bits per heavy atom. The molecule has 0 bridgehead atoms. The summed E-state index contributed by atoms with van der Waals surface area (Å²) >= 11 is 0. The zero-order valence-corrected chi connectivity index (χ0v) is 7.05. The number of nitrogens with one attached hydrogen (secondary N) is 1. The summed E-state index contributed by atoms with van der Waals surface area (Å²) in [5.41, 5.74) is 3.42. The molecule has 0 unspecified atom stereocenters. The van der Waals surface area contributed by atoms with Crippen molar-refractivity contribution in [2.75, 3.05) is 5.32 Å². The number of carbonyl (C=O) groups is 1. The number of aryl methyl sites for hydroxylation is 1. The molecule has 1 aliphatic rings. The Balaban J connectivity index is 0.000000845. The Kier molecular flexibility index (Phi) is 1.61. The van der Waals surface area contributed by atoms with Crippen LogP contribution in [0.5, 0.6) is 0 Å². The number of hydrogen-bond acceptors (Lipinski definition) is 1. The molecule has 1 heterocycles. The van der Waals surface area contributed by atoms with Gasteiger partial charge in [-0.3, -0.25) is 4.79 Å². The smallest absolute Gasteiger partial charge is 0.228 e. The van der Waals surface area contributed by atoms with E-state index in [-0.39, 0.29) is 7.33 Å². The molecule has 64 valence electrons. The van der Waals surface area contributed by atoms with Crippen molar-refractivity contribution >= 4 is 11.6 Å². The third kappa shape index (κ3) is 1.09. The molecule has 2 heteroatoms. The maximum Gasteiger partial charge on any atom is 0.228 e. The molecule has 0 aromatic heterocycles. The summed E-state index contributed by atoms with van der Waals surface area (Å²) in [5, 5.41) is 2.81. The van der Waals surface area contributed by atoms with E-state index in [0.29, 0.717) is 6.42 Å².